The molecule has 1 aromatic heterocycles. The van der Waals surface area contributed by atoms with Gasteiger partial charge in [0.25, 0.3) is 0 Å². The summed E-state index contributed by atoms with van der Waals surface area (Å²) in [5.41, 5.74) is 0.940. The minimum atomic E-state index is 0.0241. The fourth-order valence-electron chi connectivity index (χ4n) is 1.44. The van der Waals surface area contributed by atoms with Crippen molar-refractivity contribution in [2.45, 2.75) is 20.0 Å². The van der Waals surface area contributed by atoms with Gasteiger partial charge in [-0.25, -0.2) is 4.68 Å². The van der Waals surface area contributed by atoms with Crippen LogP contribution in [-0.4, -0.2) is 66.2 Å². The number of ether oxygens (including phenoxy) is 2. The Morgan fingerprint density at radius 3 is 2.74 bits per heavy atom. The summed E-state index contributed by atoms with van der Waals surface area (Å²) in [7, 11) is 3.98. The molecule has 0 aliphatic rings. The number of rotatable bonds is 10. The fourth-order valence-corrected chi connectivity index (χ4v) is 1.44. The van der Waals surface area contributed by atoms with Crippen molar-refractivity contribution >= 4 is 5.78 Å². The van der Waals surface area contributed by atoms with Crippen molar-refractivity contribution < 1.29 is 14.3 Å². The van der Waals surface area contributed by atoms with E-state index in [1.807, 2.05) is 25.2 Å². The number of nitrogens with zero attached hydrogens (tertiary/aromatic N) is 4. The van der Waals surface area contributed by atoms with Gasteiger partial charge < -0.3 is 14.4 Å². The van der Waals surface area contributed by atoms with E-state index in [0.717, 1.165) is 12.2 Å². The second-order valence-corrected chi connectivity index (χ2v) is 4.58. The van der Waals surface area contributed by atoms with Crippen LogP contribution in [0.25, 0.3) is 0 Å². The average Bonchev–Trinajstić information content (AvgIpc) is 2.74. The molecule has 0 aromatic carbocycles. The molecule has 0 fully saturated rings. The molecule has 0 aliphatic carbocycles. The lowest BCUT2D eigenvalue weighted by Crippen LogP contribution is -2.12. The Balaban J connectivity index is 2.06. The van der Waals surface area contributed by atoms with Gasteiger partial charge in [-0.2, -0.15) is 0 Å². The van der Waals surface area contributed by atoms with E-state index in [-0.39, 0.29) is 12.4 Å². The van der Waals surface area contributed by atoms with Crippen LogP contribution in [0.1, 0.15) is 12.6 Å². The van der Waals surface area contributed by atoms with Crippen LogP contribution in [0.4, 0.5) is 0 Å². The van der Waals surface area contributed by atoms with Crippen LogP contribution in [0.2, 0.25) is 0 Å². The lowest BCUT2D eigenvalue weighted by molar-refractivity contribution is -0.121. The summed E-state index contributed by atoms with van der Waals surface area (Å²) < 4.78 is 12.2. The molecular formula is C12H22N4O3. The zero-order chi connectivity index (χ0) is 14.1. The Morgan fingerprint density at radius 2 is 2.05 bits per heavy atom. The molecule has 0 N–H and O–H groups in total. The summed E-state index contributed by atoms with van der Waals surface area (Å²) >= 11 is 0. The van der Waals surface area contributed by atoms with Crippen LogP contribution < -0.4 is 0 Å². The summed E-state index contributed by atoms with van der Waals surface area (Å²) in [5.74, 6) is 0.0241. The van der Waals surface area contributed by atoms with Crippen LogP contribution in [0, 0.1) is 0 Å². The zero-order valence-electron chi connectivity index (χ0n) is 11.8. The number of ketones is 1. The van der Waals surface area contributed by atoms with Gasteiger partial charge in [-0.1, -0.05) is 5.21 Å². The molecule has 7 nitrogen and oxygen atoms in total. The molecule has 0 radical (unpaired) electrons. The van der Waals surface area contributed by atoms with Gasteiger partial charge in [0.1, 0.15) is 6.61 Å². The van der Waals surface area contributed by atoms with Crippen molar-refractivity contribution in [2.75, 3.05) is 40.5 Å². The number of carbonyl (C=O) groups is 1. The molecule has 0 saturated heterocycles. The minimum absolute atomic E-state index is 0.0241. The highest BCUT2D eigenvalue weighted by atomic mass is 16.5. The van der Waals surface area contributed by atoms with Crippen LogP contribution in [0.15, 0.2) is 6.20 Å². The summed E-state index contributed by atoms with van der Waals surface area (Å²) in [6, 6.07) is 0. The van der Waals surface area contributed by atoms with E-state index < -0.39 is 0 Å². The van der Waals surface area contributed by atoms with E-state index in [0.29, 0.717) is 26.4 Å². The molecule has 1 heterocycles. The average molecular weight is 270 g/mol. The van der Waals surface area contributed by atoms with E-state index in [4.69, 9.17) is 9.47 Å². The monoisotopic (exact) mass is 270 g/mol. The van der Waals surface area contributed by atoms with Crippen molar-refractivity contribution in [3.05, 3.63) is 11.9 Å². The zero-order valence-corrected chi connectivity index (χ0v) is 11.8. The van der Waals surface area contributed by atoms with Crippen molar-refractivity contribution in [3.63, 3.8) is 0 Å². The van der Waals surface area contributed by atoms with E-state index in [2.05, 4.69) is 10.3 Å². The Labute approximate surface area is 113 Å². The fraction of sp³-hybridized carbons (Fsp3) is 0.750. The maximum absolute atomic E-state index is 10.6. The minimum Gasteiger partial charge on any atom is -0.377 e. The van der Waals surface area contributed by atoms with Gasteiger partial charge in [0.15, 0.2) is 5.78 Å². The summed E-state index contributed by atoms with van der Waals surface area (Å²) in [6.07, 6.45) is 1.91. The predicted octanol–water partition coefficient (Wildman–Crippen LogP) is -0.0381. The molecular weight excluding hydrogens is 248 g/mol. The van der Waals surface area contributed by atoms with E-state index >= 15 is 0 Å². The highest BCUT2D eigenvalue weighted by molar-refractivity contribution is 5.76. The second kappa shape index (κ2) is 8.73. The number of Topliss-reactive ketones (excluding diaryl/α,β-unsaturated/α-hetero) is 1. The molecule has 0 atom stereocenters. The molecule has 1 rings (SSSR count). The quantitative estimate of drug-likeness (QED) is 0.556. The number of aromatic nitrogens is 3. The van der Waals surface area contributed by atoms with Gasteiger partial charge in [0.05, 0.1) is 32.1 Å². The third kappa shape index (κ3) is 7.66. The van der Waals surface area contributed by atoms with Gasteiger partial charge in [0, 0.05) is 12.7 Å². The first-order valence-corrected chi connectivity index (χ1v) is 6.26. The lowest BCUT2D eigenvalue weighted by atomic mass is 10.4. The Kier molecular flexibility index (Phi) is 7.24. The molecule has 7 heteroatoms. The first kappa shape index (κ1) is 15.7. The maximum Gasteiger partial charge on any atom is 0.155 e. The molecule has 0 aliphatic heterocycles. The molecule has 19 heavy (non-hydrogen) atoms. The van der Waals surface area contributed by atoms with Crippen LogP contribution in [-0.2, 0) is 27.4 Å². The first-order chi connectivity index (χ1) is 9.08. The van der Waals surface area contributed by atoms with Crippen LogP contribution >= 0.6 is 0 Å². The first-order valence-electron chi connectivity index (χ1n) is 6.26. The third-order valence-corrected chi connectivity index (χ3v) is 2.21. The van der Waals surface area contributed by atoms with E-state index in [9.17, 15) is 4.79 Å². The lowest BCUT2D eigenvalue weighted by Gasteiger charge is -2.05. The molecule has 0 spiro atoms. The summed E-state index contributed by atoms with van der Waals surface area (Å²) in [4.78, 5) is 12.6. The molecule has 108 valence electrons. The SMILES string of the molecule is CC(=O)COCCOCCn1cc(CN(C)C)nn1. The van der Waals surface area contributed by atoms with Gasteiger partial charge in [-0.3, -0.25) is 4.79 Å². The standard InChI is InChI=1S/C12H22N4O3/c1-11(17)10-19-7-6-18-5-4-16-9-12(13-14-16)8-15(2)3/h9H,4-8,10H2,1-3H3. The third-order valence-electron chi connectivity index (χ3n) is 2.21. The van der Waals surface area contributed by atoms with Crippen LogP contribution in [0.5, 0.6) is 0 Å². The molecule has 0 bridgehead atoms. The topological polar surface area (TPSA) is 69.5 Å². The van der Waals surface area contributed by atoms with Gasteiger partial charge in [-0.05, 0) is 21.0 Å². The van der Waals surface area contributed by atoms with Crippen molar-refractivity contribution in [2.24, 2.45) is 0 Å². The number of carbonyl (C=O) groups excluding carboxylic acids is 1. The van der Waals surface area contributed by atoms with Gasteiger partial charge >= 0.3 is 0 Å². The second-order valence-electron chi connectivity index (χ2n) is 4.58. The highest BCUT2D eigenvalue weighted by Gasteiger charge is 2.01. The smallest absolute Gasteiger partial charge is 0.155 e. The normalized spacial score (nSPS) is 11.2. The number of hydrogen-bond acceptors (Lipinski definition) is 6. The van der Waals surface area contributed by atoms with Crippen molar-refractivity contribution in [1.29, 1.82) is 0 Å². The van der Waals surface area contributed by atoms with Gasteiger partial charge in [0.2, 0.25) is 0 Å². The van der Waals surface area contributed by atoms with Crippen molar-refractivity contribution in [1.82, 2.24) is 19.9 Å². The molecule has 0 unspecified atom stereocenters. The summed E-state index contributed by atoms with van der Waals surface area (Å²) in [6.45, 7) is 4.55. The summed E-state index contributed by atoms with van der Waals surface area (Å²) in [5, 5.41) is 8.07. The number of hydrogen-bond donors (Lipinski definition) is 0. The van der Waals surface area contributed by atoms with E-state index in [1.165, 1.54) is 6.92 Å². The van der Waals surface area contributed by atoms with E-state index in [1.54, 1.807) is 4.68 Å². The molecule has 0 saturated carbocycles. The molecule has 0 amide bonds. The Bertz CT molecular complexity index is 379. The van der Waals surface area contributed by atoms with Crippen LogP contribution in [0.3, 0.4) is 0 Å². The van der Waals surface area contributed by atoms with Gasteiger partial charge in [-0.15, -0.1) is 5.10 Å². The Hall–Kier alpha value is -1.31. The largest absolute Gasteiger partial charge is 0.377 e. The Morgan fingerprint density at radius 1 is 1.32 bits per heavy atom. The molecule has 1 aromatic rings. The van der Waals surface area contributed by atoms with Crippen molar-refractivity contribution in [3.8, 4) is 0 Å². The highest BCUT2D eigenvalue weighted by Crippen LogP contribution is 1.96. The maximum atomic E-state index is 10.6. The predicted molar refractivity (Wildman–Crippen MR) is 69.7 cm³/mol.